The summed E-state index contributed by atoms with van der Waals surface area (Å²) in [5.41, 5.74) is 7.05. The van der Waals surface area contributed by atoms with Crippen LogP contribution in [0.25, 0.3) is 0 Å². The van der Waals surface area contributed by atoms with Gasteiger partial charge in [-0.1, -0.05) is 0 Å². The van der Waals surface area contributed by atoms with Crippen LogP contribution in [0.5, 0.6) is 0 Å². The normalized spacial score (nSPS) is 21.8. The molecule has 0 aromatic heterocycles. The third-order valence-electron chi connectivity index (χ3n) is 3.62. The zero-order valence-electron chi connectivity index (χ0n) is 11.9. The van der Waals surface area contributed by atoms with Crippen molar-refractivity contribution in [1.82, 2.24) is 4.90 Å². The number of hydrogen-bond acceptors (Lipinski definition) is 5. The Hall–Kier alpha value is -1.31. The molecule has 1 unspecified atom stereocenters. The van der Waals surface area contributed by atoms with Gasteiger partial charge in [0.25, 0.3) is 0 Å². The average molecular weight is 298 g/mol. The van der Waals surface area contributed by atoms with Crippen molar-refractivity contribution in [2.24, 2.45) is 5.14 Å². The first-order valence-electron chi connectivity index (χ1n) is 6.66. The van der Waals surface area contributed by atoms with E-state index < -0.39 is 10.0 Å². The van der Waals surface area contributed by atoms with Gasteiger partial charge in [0.1, 0.15) is 0 Å². The Kier molecular flexibility index (Phi) is 4.22. The summed E-state index contributed by atoms with van der Waals surface area (Å²) in [4.78, 5) is 4.53. The minimum Gasteiger partial charge on any atom is -0.399 e. The van der Waals surface area contributed by atoms with E-state index in [1.54, 1.807) is 12.1 Å². The maximum Gasteiger partial charge on any atom is 0.238 e. The standard InChI is InChI=1S/C13H22N4O2S/c1-10-9-16(2)4-3-5-17(10)12-6-11(14)7-13(8-12)20(15,18)19/h6-8,10H,3-5,9,14H2,1-2H3,(H2,15,18,19). The summed E-state index contributed by atoms with van der Waals surface area (Å²) in [6.45, 7) is 4.96. The summed E-state index contributed by atoms with van der Waals surface area (Å²) in [6.07, 6.45) is 1.03. The molecular formula is C13H22N4O2S. The minimum absolute atomic E-state index is 0.0669. The van der Waals surface area contributed by atoms with E-state index in [0.717, 1.165) is 31.7 Å². The van der Waals surface area contributed by atoms with Gasteiger partial charge < -0.3 is 15.5 Å². The lowest BCUT2D eigenvalue weighted by molar-refractivity contribution is 0.337. The van der Waals surface area contributed by atoms with Gasteiger partial charge in [-0.3, -0.25) is 0 Å². The van der Waals surface area contributed by atoms with Crippen LogP contribution in [0.1, 0.15) is 13.3 Å². The van der Waals surface area contributed by atoms with Gasteiger partial charge in [0.05, 0.1) is 4.90 Å². The molecule has 4 N–H and O–H groups in total. The number of likely N-dealkylation sites (N-methyl/N-ethyl adjacent to an activating group) is 1. The van der Waals surface area contributed by atoms with Crippen molar-refractivity contribution in [3.05, 3.63) is 18.2 Å². The Bertz CT molecular complexity index is 588. The molecule has 7 heteroatoms. The van der Waals surface area contributed by atoms with Gasteiger partial charge in [0.2, 0.25) is 10.0 Å². The average Bonchev–Trinajstić information content (AvgIpc) is 2.48. The molecule has 1 fully saturated rings. The van der Waals surface area contributed by atoms with Gasteiger partial charge in [0, 0.05) is 30.5 Å². The highest BCUT2D eigenvalue weighted by Gasteiger charge is 2.21. The van der Waals surface area contributed by atoms with Gasteiger partial charge >= 0.3 is 0 Å². The predicted molar refractivity (Wildman–Crippen MR) is 81.1 cm³/mol. The maximum atomic E-state index is 11.5. The lowest BCUT2D eigenvalue weighted by atomic mass is 10.2. The van der Waals surface area contributed by atoms with Crippen LogP contribution in [0.2, 0.25) is 0 Å². The first kappa shape index (κ1) is 15.1. The van der Waals surface area contributed by atoms with Crippen LogP contribution >= 0.6 is 0 Å². The molecule has 1 aromatic rings. The Labute approximate surface area is 120 Å². The molecule has 0 amide bonds. The smallest absolute Gasteiger partial charge is 0.238 e. The minimum atomic E-state index is -3.74. The number of sulfonamides is 1. The van der Waals surface area contributed by atoms with Crippen molar-refractivity contribution >= 4 is 21.4 Å². The van der Waals surface area contributed by atoms with Crippen molar-refractivity contribution in [3.8, 4) is 0 Å². The van der Waals surface area contributed by atoms with Crippen molar-refractivity contribution in [2.45, 2.75) is 24.3 Å². The van der Waals surface area contributed by atoms with E-state index in [9.17, 15) is 8.42 Å². The van der Waals surface area contributed by atoms with Crippen molar-refractivity contribution in [1.29, 1.82) is 0 Å². The largest absolute Gasteiger partial charge is 0.399 e. The number of benzene rings is 1. The predicted octanol–water partition coefficient (Wildman–Crippen LogP) is 0.447. The van der Waals surface area contributed by atoms with Crippen LogP contribution in [0.3, 0.4) is 0 Å². The SMILES string of the molecule is CC1CN(C)CCCN1c1cc(N)cc(S(N)(=O)=O)c1. The molecule has 0 spiro atoms. The summed E-state index contributed by atoms with van der Waals surface area (Å²) in [7, 11) is -1.65. The molecule has 1 aliphatic rings. The van der Waals surface area contributed by atoms with Crippen LogP contribution in [0.15, 0.2) is 23.1 Å². The van der Waals surface area contributed by atoms with E-state index in [0.29, 0.717) is 5.69 Å². The molecule has 1 saturated heterocycles. The molecule has 1 atom stereocenters. The van der Waals surface area contributed by atoms with Gasteiger partial charge in [-0.25, -0.2) is 13.6 Å². The van der Waals surface area contributed by atoms with Crippen molar-refractivity contribution in [3.63, 3.8) is 0 Å². The molecule has 0 bridgehead atoms. The van der Waals surface area contributed by atoms with Crippen molar-refractivity contribution in [2.75, 3.05) is 37.3 Å². The summed E-state index contributed by atoms with van der Waals surface area (Å²) in [5, 5.41) is 5.20. The number of nitrogens with zero attached hydrogens (tertiary/aromatic N) is 2. The molecule has 112 valence electrons. The fourth-order valence-corrected chi connectivity index (χ4v) is 3.28. The third-order valence-corrected chi connectivity index (χ3v) is 4.51. The number of primary sulfonamides is 1. The monoisotopic (exact) mass is 298 g/mol. The van der Waals surface area contributed by atoms with Crippen LogP contribution in [-0.4, -0.2) is 46.0 Å². The van der Waals surface area contributed by atoms with E-state index in [1.165, 1.54) is 6.07 Å². The van der Waals surface area contributed by atoms with Crippen LogP contribution in [-0.2, 0) is 10.0 Å². The summed E-state index contributed by atoms with van der Waals surface area (Å²) >= 11 is 0. The van der Waals surface area contributed by atoms with Crippen LogP contribution in [0, 0.1) is 0 Å². The highest BCUT2D eigenvalue weighted by atomic mass is 32.2. The fourth-order valence-electron chi connectivity index (χ4n) is 2.69. The molecule has 1 heterocycles. The van der Waals surface area contributed by atoms with Gasteiger partial charge in [-0.05, 0) is 45.1 Å². The van der Waals surface area contributed by atoms with E-state index in [1.807, 2.05) is 0 Å². The number of hydrogen-bond donors (Lipinski definition) is 2. The van der Waals surface area contributed by atoms with E-state index in [2.05, 4.69) is 23.8 Å². The molecule has 20 heavy (non-hydrogen) atoms. The van der Waals surface area contributed by atoms with E-state index in [4.69, 9.17) is 10.9 Å². The van der Waals surface area contributed by atoms with Crippen molar-refractivity contribution < 1.29 is 8.42 Å². The number of nitrogen functional groups attached to an aromatic ring is 1. The highest BCUT2D eigenvalue weighted by molar-refractivity contribution is 7.89. The summed E-state index contributed by atoms with van der Waals surface area (Å²) in [5.74, 6) is 0. The second-order valence-electron chi connectivity index (χ2n) is 5.46. The zero-order valence-corrected chi connectivity index (χ0v) is 12.7. The summed E-state index contributed by atoms with van der Waals surface area (Å²) < 4.78 is 23.0. The lowest BCUT2D eigenvalue weighted by Gasteiger charge is -2.30. The van der Waals surface area contributed by atoms with Crippen LogP contribution < -0.4 is 15.8 Å². The molecule has 0 saturated carbocycles. The molecule has 1 aliphatic heterocycles. The Balaban J connectivity index is 2.39. The van der Waals surface area contributed by atoms with Crippen LogP contribution in [0.4, 0.5) is 11.4 Å². The molecule has 6 nitrogen and oxygen atoms in total. The van der Waals surface area contributed by atoms with E-state index in [-0.39, 0.29) is 10.9 Å². The number of nitrogens with two attached hydrogens (primary N) is 2. The molecule has 1 aromatic carbocycles. The third kappa shape index (κ3) is 3.41. The fraction of sp³-hybridized carbons (Fsp3) is 0.538. The second-order valence-corrected chi connectivity index (χ2v) is 7.02. The number of anilines is 2. The maximum absolute atomic E-state index is 11.5. The molecular weight excluding hydrogens is 276 g/mol. The highest BCUT2D eigenvalue weighted by Crippen LogP contribution is 2.26. The Morgan fingerprint density at radius 3 is 2.60 bits per heavy atom. The Morgan fingerprint density at radius 1 is 1.25 bits per heavy atom. The first-order valence-corrected chi connectivity index (χ1v) is 8.20. The number of rotatable bonds is 2. The quantitative estimate of drug-likeness (QED) is 0.773. The summed E-state index contributed by atoms with van der Waals surface area (Å²) in [6, 6.07) is 5.09. The topological polar surface area (TPSA) is 92.7 Å². The lowest BCUT2D eigenvalue weighted by Crippen LogP contribution is -2.38. The first-order chi connectivity index (χ1) is 9.27. The molecule has 2 rings (SSSR count). The Morgan fingerprint density at radius 2 is 1.95 bits per heavy atom. The van der Waals surface area contributed by atoms with E-state index >= 15 is 0 Å². The zero-order chi connectivity index (χ0) is 14.9. The van der Waals surface area contributed by atoms with Gasteiger partial charge in [-0.2, -0.15) is 0 Å². The molecule has 0 aliphatic carbocycles. The van der Waals surface area contributed by atoms with Gasteiger partial charge in [0.15, 0.2) is 0 Å². The second kappa shape index (κ2) is 5.59. The van der Waals surface area contributed by atoms with Gasteiger partial charge in [-0.15, -0.1) is 0 Å². The molecule has 0 radical (unpaired) electrons.